The second kappa shape index (κ2) is 53.9. The molecule has 0 fully saturated rings. The van der Waals surface area contributed by atoms with E-state index in [9.17, 15) is 19.0 Å². The molecule has 0 aliphatic heterocycles. The fourth-order valence-corrected chi connectivity index (χ4v) is 10.2. The van der Waals surface area contributed by atoms with Crippen LogP contribution in [0, 0.1) is 0 Å². The van der Waals surface area contributed by atoms with Crippen molar-refractivity contribution in [3.05, 3.63) is 24.3 Å². The van der Waals surface area contributed by atoms with Crippen molar-refractivity contribution in [3.8, 4) is 0 Å². The molecule has 1 amide bonds. The number of allylic oxidation sites excluding steroid dienone is 3. The van der Waals surface area contributed by atoms with Crippen LogP contribution in [0.25, 0.3) is 0 Å². The van der Waals surface area contributed by atoms with Crippen molar-refractivity contribution in [2.75, 3.05) is 40.9 Å². The number of hydrogen-bond acceptors (Lipinski definition) is 6. The van der Waals surface area contributed by atoms with Gasteiger partial charge < -0.3 is 19.4 Å². The molecule has 432 valence electrons. The first-order valence-electron chi connectivity index (χ1n) is 31.7. The standard InChI is InChI=1S/C63H123N2O7P/c1-7-10-13-16-19-22-25-27-28-29-30-31-32-33-34-35-36-38-41-44-47-50-53-56-63(67)72-61(54-51-48-45-42-39-24-21-18-15-12-9-3)60(59-71-73(68,69)70-58-57-65(4,5)6)64-62(66)55-52-49-46-43-40-37-26-23-20-17-14-11-8-2/h37,40,51,54,60-61H,7-36,38-39,41-50,52-53,55-59H2,1-6H3,(H-,64,66,68,69)/p+1/b40-37-,54-51-. The first-order valence-corrected chi connectivity index (χ1v) is 33.2. The van der Waals surface area contributed by atoms with Gasteiger partial charge in [-0.05, 0) is 57.4 Å². The Hall–Kier alpha value is -1.51. The van der Waals surface area contributed by atoms with Gasteiger partial charge in [-0.3, -0.25) is 18.6 Å². The number of esters is 1. The van der Waals surface area contributed by atoms with Gasteiger partial charge in [0.2, 0.25) is 5.91 Å². The number of carbonyl (C=O) groups excluding carboxylic acids is 2. The third kappa shape index (κ3) is 55.1. The maximum Gasteiger partial charge on any atom is 0.472 e. The number of phosphoric ester groups is 1. The van der Waals surface area contributed by atoms with Crippen LogP contribution in [-0.4, -0.2) is 74.3 Å². The zero-order valence-corrected chi connectivity index (χ0v) is 50.3. The summed E-state index contributed by atoms with van der Waals surface area (Å²) >= 11 is 0. The van der Waals surface area contributed by atoms with Gasteiger partial charge in [-0.25, -0.2) is 4.57 Å². The Morgan fingerprint density at radius 3 is 1.18 bits per heavy atom. The smallest absolute Gasteiger partial charge is 0.456 e. The summed E-state index contributed by atoms with van der Waals surface area (Å²) < 4.78 is 30.7. The summed E-state index contributed by atoms with van der Waals surface area (Å²) in [6.45, 7) is 7.03. The van der Waals surface area contributed by atoms with Gasteiger partial charge in [0, 0.05) is 12.8 Å². The van der Waals surface area contributed by atoms with Crippen LogP contribution >= 0.6 is 7.82 Å². The average Bonchev–Trinajstić information content (AvgIpc) is 3.35. The molecule has 0 rings (SSSR count). The molecule has 9 nitrogen and oxygen atoms in total. The number of nitrogens with one attached hydrogen (secondary N) is 1. The Morgan fingerprint density at radius 1 is 0.466 bits per heavy atom. The van der Waals surface area contributed by atoms with Crippen LogP contribution in [0.5, 0.6) is 0 Å². The lowest BCUT2D eigenvalue weighted by atomic mass is 10.0. The van der Waals surface area contributed by atoms with E-state index in [2.05, 4.69) is 38.2 Å². The zero-order valence-electron chi connectivity index (χ0n) is 49.4. The van der Waals surface area contributed by atoms with Gasteiger partial charge in [-0.15, -0.1) is 0 Å². The minimum atomic E-state index is -4.44. The largest absolute Gasteiger partial charge is 0.472 e. The molecule has 0 heterocycles. The van der Waals surface area contributed by atoms with Crippen molar-refractivity contribution in [1.29, 1.82) is 0 Å². The van der Waals surface area contributed by atoms with Crippen LogP contribution in [0.3, 0.4) is 0 Å². The monoisotopic (exact) mass is 1050 g/mol. The number of quaternary nitrogens is 1. The minimum Gasteiger partial charge on any atom is -0.456 e. The van der Waals surface area contributed by atoms with E-state index in [-0.39, 0.29) is 25.1 Å². The lowest BCUT2D eigenvalue weighted by molar-refractivity contribution is -0.870. The SMILES string of the molecule is CCCCCCCC/C=C\CCCCCC(=O)NC(COP(=O)(O)OCC[N+](C)(C)C)C(/C=C\CCCCCCCCCCC)OC(=O)CCCCCCCCCCCCCCCCCCCCCCCCC. The fourth-order valence-electron chi connectivity index (χ4n) is 9.47. The van der Waals surface area contributed by atoms with Gasteiger partial charge in [-0.1, -0.05) is 270 Å². The van der Waals surface area contributed by atoms with Gasteiger partial charge in [-0.2, -0.15) is 0 Å². The molecule has 0 bridgehead atoms. The molecule has 3 atom stereocenters. The van der Waals surface area contributed by atoms with Crippen molar-refractivity contribution < 1.29 is 37.3 Å². The third-order valence-corrected chi connectivity index (χ3v) is 15.4. The number of amides is 1. The lowest BCUT2D eigenvalue weighted by Crippen LogP contribution is -2.47. The van der Waals surface area contributed by atoms with Crippen LogP contribution in [-0.2, 0) is 27.9 Å². The van der Waals surface area contributed by atoms with Crippen molar-refractivity contribution in [1.82, 2.24) is 5.32 Å². The van der Waals surface area contributed by atoms with Crippen LogP contribution in [0.15, 0.2) is 24.3 Å². The predicted molar refractivity (Wildman–Crippen MR) is 314 cm³/mol. The van der Waals surface area contributed by atoms with Crippen LogP contribution in [0.2, 0.25) is 0 Å². The predicted octanol–water partition coefficient (Wildman–Crippen LogP) is 19.3. The van der Waals surface area contributed by atoms with Crippen molar-refractivity contribution in [3.63, 3.8) is 0 Å². The van der Waals surface area contributed by atoms with Gasteiger partial charge in [0.05, 0.1) is 33.8 Å². The van der Waals surface area contributed by atoms with Gasteiger partial charge in [0.15, 0.2) is 0 Å². The van der Waals surface area contributed by atoms with Crippen molar-refractivity contribution in [2.45, 2.75) is 328 Å². The number of unbranched alkanes of at least 4 members (excludes halogenated alkanes) is 40. The number of rotatable bonds is 58. The molecule has 0 aliphatic rings. The lowest BCUT2D eigenvalue weighted by Gasteiger charge is -2.27. The molecule has 0 saturated heterocycles. The molecule has 0 aromatic heterocycles. The summed E-state index contributed by atoms with van der Waals surface area (Å²) in [4.78, 5) is 37.6. The first-order chi connectivity index (χ1) is 35.4. The third-order valence-electron chi connectivity index (χ3n) is 14.4. The highest BCUT2D eigenvalue weighted by molar-refractivity contribution is 7.47. The van der Waals surface area contributed by atoms with E-state index in [1.165, 1.54) is 212 Å². The molecule has 3 unspecified atom stereocenters. The highest BCUT2D eigenvalue weighted by Gasteiger charge is 2.30. The average molecular weight is 1050 g/mol. The van der Waals surface area contributed by atoms with E-state index in [1.807, 2.05) is 33.3 Å². The first kappa shape index (κ1) is 71.5. The molecular weight excluding hydrogens is 928 g/mol. The highest BCUT2D eigenvalue weighted by atomic mass is 31.2. The van der Waals surface area contributed by atoms with E-state index >= 15 is 0 Å². The summed E-state index contributed by atoms with van der Waals surface area (Å²) in [5.41, 5.74) is 0. The van der Waals surface area contributed by atoms with E-state index < -0.39 is 20.0 Å². The van der Waals surface area contributed by atoms with Gasteiger partial charge in [0.25, 0.3) is 0 Å². The molecule has 10 heteroatoms. The molecule has 0 saturated carbocycles. The molecular formula is C63H124N2O7P+. The van der Waals surface area contributed by atoms with Crippen LogP contribution in [0.4, 0.5) is 0 Å². The van der Waals surface area contributed by atoms with E-state index in [0.717, 1.165) is 70.6 Å². The molecule has 0 aromatic carbocycles. The Morgan fingerprint density at radius 2 is 0.795 bits per heavy atom. The topological polar surface area (TPSA) is 111 Å². The Kier molecular flexibility index (Phi) is 52.8. The molecule has 2 N–H and O–H groups in total. The number of likely N-dealkylation sites (N-methyl/N-ethyl adjacent to an activating group) is 1. The van der Waals surface area contributed by atoms with Gasteiger partial charge >= 0.3 is 13.8 Å². The van der Waals surface area contributed by atoms with E-state index in [1.54, 1.807) is 0 Å². The fraction of sp³-hybridized carbons (Fsp3) is 0.905. The second-order valence-electron chi connectivity index (χ2n) is 22.9. The molecule has 0 radical (unpaired) electrons. The maximum atomic E-state index is 13.5. The van der Waals surface area contributed by atoms with E-state index in [4.69, 9.17) is 13.8 Å². The van der Waals surface area contributed by atoms with Crippen LogP contribution in [0.1, 0.15) is 316 Å². The second-order valence-corrected chi connectivity index (χ2v) is 24.4. The maximum absolute atomic E-state index is 13.5. The quantitative estimate of drug-likeness (QED) is 0.0205. The Bertz CT molecular complexity index is 1300. The number of carbonyl (C=O) groups is 2. The Balaban J connectivity index is 5.08. The Labute approximate surface area is 454 Å². The molecule has 0 aliphatic carbocycles. The number of phosphoric acid groups is 1. The zero-order chi connectivity index (χ0) is 53.6. The van der Waals surface area contributed by atoms with Crippen molar-refractivity contribution in [2.24, 2.45) is 0 Å². The molecule has 73 heavy (non-hydrogen) atoms. The van der Waals surface area contributed by atoms with E-state index in [0.29, 0.717) is 23.9 Å². The highest BCUT2D eigenvalue weighted by Crippen LogP contribution is 2.43. The molecule has 0 spiro atoms. The summed E-state index contributed by atoms with van der Waals surface area (Å²) in [6.07, 6.45) is 63.3. The van der Waals surface area contributed by atoms with Crippen molar-refractivity contribution >= 4 is 19.7 Å². The number of ether oxygens (including phenoxy) is 1. The van der Waals surface area contributed by atoms with Crippen LogP contribution < -0.4 is 5.32 Å². The number of nitrogens with zero attached hydrogens (tertiary/aromatic N) is 1. The number of hydrogen-bond donors (Lipinski definition) is 2. The summed E-state index contributed by atoms with van der Waals surface area (Å²) in [5, 5.41) is 3.05. The molecule has 0 aromatic rings. The van der Waals surface area contributed by atoms with Gasteiger partial charge in [0.1, 0.15) is 19.3 Å². The summed E-state index contributed by atoms with van der Waals surface area (Å²) in [5.74, 6) is -0.509. The summed E-state index contributed by atoms with van der Waals surface area (Å²) in [6, 6.07) is -0.849. The summed E-state index contributed by atoms with van der Waals surface area (Å²) in [7, 11) is 1.50. The minimum absolute atomic E-state index is 0.0408. The normalized spacial score (nSPS) is 13.8.